The highest BCUT2D eigenvalue weighted by molar-refractivity contribution is 6.99. The molecule has 2 aromatic rings. The Balaban J connectivity index is 2.58. The largest absolute Gasteiger partial charge is 0.403 e. The van der Waals surface area contributed by atoms with E-state index < -0.39 is 8.32 Å². The molecular weight excluding hydrogens is 414 g/mol. The maximum absolute atomic E-state index is 12.8. The maximum atomic E-state index is 12.8. The van der Waals surface area contributed by atoms with E-state index in [1.807, 2.05) is 19.2 Å². The highest BCUT2D eigenvalue weighted by Crippen LogP contribution is 2.38. The van der Waals surface area contributed by atoms with Crippen LogP contribution in [0.1, 0.15) is 34.1 Å². The number of allylic oxidation sites excluding steroid dienone is 1. The summed E-state index contributed by atoms with van der Waals surface area (Å²) in [4.78, 5) is 14.9. The summed E-state index contributed by atoms with van der Waals surface area (Å²) in [7, 11) is 0.999. The van der Waals surface area contributed by atoms with Crippen molar-refractivity contribution in [1.29, 1.82) is 0 Å². The van der Waals surface area contributed by atoms with Crippen molar-refractivity contribution in [2.45, 2.75) is 45.3 Å². The number of hydrogen-bond donors (Lipinski definition) is 0. The summed E-state index contributed by atoms with van der Waals surface area (Å²) in [5.41, 5.74) is 0.570. The zero-order chi connectivity index (χ0) is 23.8. The molecule has 5 heteroatoms. The summed E-state index contributed by atoms with van der Waals surface area (Å²) in [6.45, 7) is 14.5. The molecule has 0 saturated carbocycles. The zero-order valence-corrected chi connectivity index (χ0v) is 21.6. The third-order valence-corrected chi connectivity index (χ3v) is 10.9. The van der Waals surface area contributed by atoms with Crippen molar-refractivity contribution < 1.29 is 14.0 Å². The lowest BCUT2D eigenvalue weighted by atomic mass is 10.1. The molecule has 174 valence electrons. The topological polar surface area (TPSA) is 38.8 Å². The molecule has 0 spiro atoms. The van der Waals surface area contributed by atoms with Crippen LogP contribution in [0.2, 0.25) is 5.04 Å². The smallest absolute Gasteiger partial charge is 0.261 e. The summed E-state index contributed by atoms with van der Waals surface area (Å²) in [6, 6.07) is 21.1. The molecule has 0 radical (unpaired) electrons. The van der Waals surface area contributed by atoms with Gasteiger partial charge in [-0.15, -0.1) is 0 Å². The van der Waals surface area contributed by atoms with Crippen molar-refractivity contribution >= 4 is 24.5 Å². The van der Waals surface area contributed by atoms with Crippen LogP contribution in [0, 0.1) is 0 Å². The van der Waals surface area contributed by atoms with E-state index >= 15 is 0 Å². The monoisotopic (exact) mass is 453 g/mol. The minimum absolute atomic E-state index is 0.0491. The van der Waals surface area contributed by atoms with Gasteiger partial charge in [-0.05, 0) is 35.0 Å². The predicted molar refractivity (Wildman–Crippen MR) is 136 cm³/mol. The molecule has 2 aromatic carbocycles. The van der Waals surface area contributed by atoms with Gasteiger partial charge in [0.1, 0.15) is 0 Å². The number of rotatable bonds is 12. The number of benzene rings is 2. The van der Waals surface area contributed by atoms with Gasteiger partial charge >= 0.3 is 0 Å². The molecule has 4 nitrogen and oxygen atoms in total. The van der Waals surface area contributed by atoms with Crippen LogP contribution in [0.5, 0.6) is 0 Å². The standard InChI is InChI=1S/C27H39NO3Si/c1-22(2)26(29)20-23(21-28(6)18-19-30-7)31-32(27(3,4)5,24-14-10-8-11-15-24)25-16-12-9-13-17-25/h8-17,23H,1,18-21H2,2-7H3/t23-/m0/s1. The number of ketones is 1. The fraction of sp³-hybridized carbons (Fsp3) is 0.444. The van der Waals surface area contributed by atoms with E-state index in [1.165, 1.54) is 10.4 Å². The van der Waals surface area contributed by atoms with E-state index in [-0.39, 0.29) is 16.9 Å². The van der Waals surface area contributed by atoms with Crippen LogP contribution in [0.4, 0.5) is 0 Å². The van der Waals surface area contributed by atoms with E-state index in [0.717, 1.165) is 6.54 Å². The minimum Gasteiger partial charge on any atom is -0.403 e. The number of hydrogen-bond acceptors (Lipinski definition) is 4. The minimum atomic E-state index is -2.75. The summed E-state index contributed by atoms with van der Waals surface area (Å²) >= 11 is 0. The van der Waals surface area contributed by atoms with E-state index in [0.29, 0.717) is 25.1 Å². The number of nitrogens with zero attached hydrogens (tertiary/aromatic N) is 1. The van der Waals surface area contributed by atoms with Crippen LogP contribution in [0.3, 0.4) is 0 Å². The third-order valence-electron chi connectivity index (χ3n) is 5.84. The van der Waals surface area contributed by atoms with Gasteiger partial charge in [0, 0.05) is 26.6 Å². The van der Waals surface area contributed by atoms with Gasteiger partial charge in [-0.1, -0.05) is 88.0 Å². The molecule has 2 rings (SSSR count). The second-order valence-corrected chi connectivity index (χ2v) is 13.8. The van der Waals surface area contributed by atoms with Crippen molar-refractivity contribution in [3.63, 3.8) is 0 Å². The van der Waals surface area contributed by atoms with E-state index in [9.17, 15) is 4.79 Å². The number of methoxy groups -OCH3 is 1. The SMILES string of the molecule is C=C(C)C(=O)C[C@@H](CN(C)CCOC)O[Si](c1ccccc1)(c1ccccc1)C(C)(C)C. The molecule has 0 unspecified atom stereocenters. The van der Waals surface area contributed by atoms with Crippen molar-refractivity contribution in [3.8, 4) is 0 Å². The van der Waals surface area contributed by atoms with Crippen molar-refractivity contribution in [2.24, 2.45) is 0 Å². The molecule has 0 heterocycles. The van der Waals surface area contributed by atoms with Gasteiger partial charge < -0.3 is 14.1 Å². The van der Waals surface area contributed by atoms with E-state index in [1.54, 1.807) is 14.0 Å². The molecule has 0 N–H and O–H groups in total. The summed E-state index contributed by atoms with van der Waals surface area (Å²) in [5.74, 6) is 0.0491. The summed E-state index contributed by atoms with van der Waals surface area (Å²) in [5, 5.41) is 2.28. The Morgan fingerprint density at radius 2 is 1.53 bits per heavy atom. The van der Waals surface area contributed by atoms with Crippen LogP contribution < -0.4 is 10.4 Å². The van der Waals surface area contributed by atoms with Crippen molar-refractivity contribution in [2.75, 3.05) is 33.9 Å². The number of likely N-dealkylation sites (N-methyl/N-ethyl adjacent to an activating group) is 1. The van der Waals surface area contributed by atoms with Crippen LogP contribution in [0.25, 0.3) is 0 Å². The average molecular weight is 454 g/mol. The molecule has 0 fully saturated rings. The molecule has 0 bridgehead atoms. The van der Waals surface area contributed by atoms with Crippen LogP contribution in [-0.2, 0) is 14.0 Å². The number of carbonyl (C=O) groups excluding carboxylic acids is 1. The first-order chi connectivity index (χ1) is 15.1. The average Bonchev–Trinajstić information content (AvgIpc) is 2.76. The van der Waals surface area contributed by atoms with Gasteiger partial charge in [0.2, 0.25) is 0 Å². The summed E-state index contributed by atoms with van der Waals surface area (Å²) < 4.78 is 12.5. The lowest BCUT2D eigenvalue weighted by molar-refractivity contribution is -0.117. The number of Topliss-reactive ketones (excluding diaryl/α,β-unsaturated/α-hetero) is 1. The molecule has 0 aromatic heterocycles. The second-order valence-electron chi connectivity index (χ2n) is 9.57. The van der Waals surface area contributed by atoms with Gasteiger partial charge in [-0.25, -0.2) is 0 Å². The van der Waals surface area contributed by atoms with Gasteiger partial charge in [0.15, 0.2) is 5.78 Å². The Bertz CT molecular complexity index is 822. The van der Waals surface area contributed by atoms with Gasteiger partial charge in [-0.2, -0.15) is 0 Å². The molecular formula is C27H39NO3Si. The highest BCUT2D eigenvalue weighted by Gasteiger charge is 2.51. The van der Waals surface area contributed by atoms with Crippen LogP contribution in [-0.4, -0.2) is 59.0 Å². The first-order valence-electron chi connectivity index (χ1n) is 11.3. The van der Waals surface area contributed by atoms with E-state index in [4.69, 9.17) is 9.16 Å². The zero-order valence-electron chi connectivity index (χ0n) is 20.6. The Hall–Kier alpha value is -2.05. The lowest BCUT2D eigenvalue weighted by Crippen LogP contribution is -2.68. The fourth-order valence-corrected chi connectivity index (χ4v) is 8.82. The molecule has 0 aliphatic rings. The first-order valence-corrected chi connectivity index (χ1v) is 13.2. The Morgan fingerprint density at radius 3 is 1.94 bits per heavy atom. The molecule has 0 amide bonds. The van der Waals surface area contributed by atoms with Crippen molar-refractivity contribution in [3.05, 3.63) is 72.8 Å². The van der Waals surface area contributed by atoms with Gasteiger partial charge in [0.25, 0.3) is 8.32 Å². The Morgan fingerprint density at radius 1 is 1.03 bits per heavy atom. The van der Waals surface area contributed by atoms with Gasteiger partial charge in [-0.3, -0.25) is 4.79 Å². The predicted octanol–water partition coefficient (Wildman–Crippen LogP) is 4.05. The Labute approximate surface area is 195 Å². The van der Waals surface area contributed by atoms with Crippen molar-refractivity contribution in [1.82, 2.24) is 4.90 Å². The molecule has 32 heavy (non-hydrogen) atoms. The van der Waals surface area contributed by atoms with Gasteiger partial charge in [0.05, 0.1) is 12.7 Å². The number of ether oxygens (including phenoxy) is 1. The first kappa shape index (κ1) is 26.2. The van der Waals surface area contributed by atoms with Crippen LogP contribution >= 0.6 is 0 Å². The third kappa shape index (κ3) is 6.48. The maximum Gasteiger partial charge on any atom is 0.261 e. The molecule has 0 aliphatic heterocycles. The lowest BCUT2D eigenvalue weighted by Gasteiger charge is -2.45. The second kappa shape index (κ2) is 11.7. The van der Waals surface area contributed by atoms with E-state index in [2.05, 4.69) is 80.8 Å². The van der Waals surface area contributed by atoms with Crippen LogP contribution in [0.15, 0.2) is 72.8 Å². The number of carbonyl (C=O) groups is 1. The summed E-state index contributed by atoms with van der Waals surface area (Å²) in [6.07, 6.45) is 0.0595. The fourth-order valence-electron chi connectivity index (χ4n) is 4.15. The Kier molecular flexibility index (Phi) is 9.58. The highest BCUT2D eigenvalue weighted by atomic mass is 28.4. The molecule has 1 atom stereocenters. The normalized spacial score (nSPS) is 13.2. The quantitative estimate of drug-likeness (QED) is 0.359. The molecule has 0 aliphatic carbocycles. The molecule has 0 saturated heterocycles.